The van der Waals surface area contributed by atoms with E-state index in [1.807, 2.05) is 6.07 Å². The molecular weight excluding hydrogens is 278 g/mol. The molecule has 0 aliphatic carbocycles. The van der Waals surface area contributed by atoms with Crippen molar-refractivity contribution in [3.05, 3.63) is 28.8 Å². The van der Waals surface area contributed by atoms with Crippen LogP contribution in [-0.4, -0.2) is 11.1 Å². The Morgan fingerprint density at radius 1 is 1.60 bits per heavy atom. The molecule has 1 N–H and O–H groups in total. The smallest absolute Gasteiger partial charge is 0.307 e. The predicted molar refractivity (Wildman–Crippen MR) is 62.4 cm³/mol. The molecule has 0 heterocycles. The molecule has 0 spiro atoms. The number of thiol groups is 1. The van der Waals surface area contributed by atoms with Gasteiger partial charge in [-0.05, 0) is 17.2 Å². The Morgan fingerprint density at radius 3 is 2.73 bits per heavy atom. The molecule has 3 nitrogen and oxygen atoms in total. The third kappa shape index (κ3) is 2.98. The van der Waals surface area contributed by atoms with Crippen molar-refractivity contribution in [2.24, 2.45) is 0 Å². The maximum atomic E-state index is 10.6. The van der Waals surface area contributed by atoms with Gasteiger partial charge in [-0.1, -0.05) is 22.0 Å². The van der Waals surface area contributed by atoms with E-state index < -0.39 is 5.97 Å². The summed E-state index contributed by atoms with van der Waals surface area (Å²) in [6.07, 6.45) is -0.117. The Labute approximate surface area is 101 Å². The minimum absolute atomic E-state index is 0.117. The van der Waals surface area contributed by atoms with E-state index in [1.165, 1.54) is 0 Å². The first-order valence-electron chi connectivity index (χ1n) is 4.11. The molecule has 0 fully saturated rings. The number of nitrogens with zero attached hydrogens (tertiary/aromatic N) is 1. The lowest BCUT2D eigenvalue weighted by Crippen LogP contribution is -2.03. The number of carboxylic acids is 1. The van der Waals surface area contributed by atoms with Crippen LogP contribution in [0.15, 0.2) is 17.0 Å². The van der Waals surface area contributed by atoms with Crippen molar-refractivity contribution in [1.82, 2.24) is 0 Å². The SMILES string of the molecule is N#Cc1cc(CBr)cc(CC(=O)O)c1S. The summed E-state index contributed by atoms with van der Waals surface area (Å²) in [5.41, 5.74) is 1.85. The molecule has 0 aliphatic heterocycles. The zero-order valence-corrected chi connectivity index (χ0v) is 10.2. The molecule has 1 rings (SSSR count). The van der Waals surface area contributed by atoms with E-state index in [1.54, 1.807) is 12.1 Å². The second-order valence-electron chi connectivity index (χ2n) is 2.97. The summed E-state index contributed by atoms with van der Waals surface area (Å²) < 4.78 is 0. The molecule has 0 saturated carbocycles. The number of nitriles is 1. The topological polar surface area (TPSA) is 61.1 Å². The number of hydrogen-bond donors (Lipinski definition) is 2. The van der Waals surface area contributed by atoms with Crippen molar-refractivity contribution in [2.75, 3.05) is 0 Å². The molecule has 0 atom stereocenters. The summed E-state index contributed by atoms with van der Waals surface area (Å²) in [6.45, 7) is 0. The first-order valence-corrected chi connectivity index (χ1v) is 5.68. The van der Waals surface area contributed by atoms with Crippen molar-refractivity contribution >= 4 is 34.5 Å². The van der Waals surface area contributed by atoms with Gasteiger partial charge in [0.15, 0.2) is 0 Å². The fourth-order valence-electron chi connectivity index (χ4n) is 1.22. The number of benzene rings is 1. The molecule has 15 heavy (non-hydrogen) atoms. The monoisotopic (exact) mass is 285 g/mol. The van der Waals surface area contributed by atoms with Gasteiger partial charge in [0.25, 0.3) is 0 Å². The Balaban J connectivity index is 3.25. The number of aliphatic carboxylic acids is 1. The lowest BCUT2D eigenvalue weighted by molar-refractivity contribution is -0.136. The van der Waals surface area contributed by atoms with Crippen LogP contribution in [0.4, 0.5) is 0 Å². The van der Waals surface area contributed by atoms with Gasteiger partial charge in [0.05, 0.1) is 12.0 Å². The minimum Gasteiger partial charge on any atom is -0.481 e. The molecular formula is C10H8BrNO2S. The van der Waals surface area contributed by atoms with E-state index in [-0.39, 0.29) is 6.42 Å². The van der Waals surface area contributed by atoms with Crippen LogP contribution in [0.2, 0.25) is 0 Å². The highest BCUT2D eigenvalue weighted by atomic mass is 79.9. The first-order chi connectivity index (χ1) is 7.08. The summed E-state index contributed by atoms with van der Waals surface area (Å²) in [4.78, 5) is 11.0. The molecule has 0 unspecified atom stereocenters. The molecule has 0 amide bonds. The molecule has 0 bridgehead atoms. The Kier molecular flexibility index (Phi) is 4.18. The highest BCUT2D eigenvalue weighted by molar-refractivity contribution is 9.08. The second-order valence-corrected chi connectivity index (χ2v) is 3.98. The summed E-state index contributed by atoms with van der Waals surface area (Å²) in [7, 11) is 0. The normalized spacial score (nSPS) is 9.67. The summed E-state index contributed by atoms with van der Waals surface area (Å²) in [5, 5.41) is 18.1. The van der Waals surface area contributed by atoms with Crippen LogP contribution >= 0.6 is 28.6 Å². The quantitative estimate of drug-likeness (QED) is 0.662. The van der Waals surface area contributed by atoms with E-state index in [2.05, 4.69) is 28.6 Å². The largest absolute Gasteiger partial charge is 0.481 e. The van der Waals surface area contributed by atoms with Crippen molar-refractivity contribution in [2.45, 2.75) is 16.6 Å². The van der Waals surface area contributed by atoms with Crippen molar-refractivity contribution < 1.29 is 9.90 Å². The molecule has 0 radical (unpaired) electrons. The molecule has 1 aromatic carbocycles. The highest BCUT2D eigenvalue weighted by Crippen LogP contribution is 2.23. The van der Waals surface area contributed by atoms with E-state index in [0.29, 0.717) is 21.4 Å². The van der Waals surface area contributed by atoms with Crippen LogP contribution in [-0.2, 0) is 16.5 Å². The molecule has 0 saturated heterocycles. The third-order valence-corrected chi connectivity index (χ3v) is 3.04. The number of carboxylic acid groups (broad SMARTS) is 1. The molecule has 1 aromatic rings. The standard InChI is InChI=1S/C10H8BrNO2S/c11-4-6-1-7(3-9(13)14)10(15)8(2-6)5-12/h1-2,15H,3-4H2,(H,13,14). The van der Waals surface area contributed by atoms with Crippen LogP contribution in [0, 0.1) is 11.3 Å². The summed E-state index contributed by atoms with van der Waals surface area (Å²) in [6, 6.07) is 5.43. The Morgan fingerprint density at radius 2 is 2.27 bits per heavy atom. The predicted octanol–water partition coefficient (Wildman–Crippen LogP) is 2.37. The minimum atomic E-state index is -0.930. The average molecular weight is 286 g/mol. The van der Waals surface area contributed by atoms with Gasteiger partial charge in [-0.25, -0.2) is 0 Å². The van der Waals surface area contributed by atoms with E-state index in [4.69, 9.17) is 10.4 Å². The maximum Gasteiger partial charge on any atom is 0.307 e. The van der Waals surface area contributed by atoms with Gasteiger partial charge in [-0.3, -0.25) is 4.79 Å². The van der Waals surface area contributed by atoms with E-state index >= 15 is 0 Å². The fourth-order valence-corrected chi connectivity index (χ4v) is 1.80. The zero-order chi connectivity index (χ0) is 11.4. The Bertz CT molecular complexity index is 440. The molecule has 5 heteroatoms. The number of carbonyl (C=O) groups is 1. The van der Waals surface area contributed by atoms with E-state index in [9.17, 15) is 4.79 Å². The average Bonchev–Trinajstić information content (AvgIpc) is 2.20. The number of rotatable bonds is 3. The zero-order valence-electron chi connectivity index (χ0n) is 7.70. The highest BCUT2D eigenvalue weighted by Gasteiger charge is 2.10. The lowest BCUT2D eigenvalue weighted by atomic mass is 10.0. The van der Waals surface area contributed by atoms with E-state index in [0.717, 1.165) is 5.56 Å². The Hall–Kier alpha value is -0.990. The van der Waals surface area contributed by atoms with Crippen molar-refractivity contribution in [3.63, 3.8) is 0 Å². The van der Waals surface area contributed by atoms with Gasteiger partial charge in [0.1, 0.15) is 6.07 Å². The van der Waals surface area contributed by atoms with Gasteiger partial charge in [0, 0.05) is 10.2 Å². The summed E-state index contributed by atoms with van der Waals surface area (Å²) >= 11 is 7.42. The van der Waals surface area contributed by atoms with Crippen LogP contribution in [0.25, 0.3) is 0 Å². The number of hydrogen-bond acceptors (Lipinski definition) is 3. The van der Waals surface area contributed by atoms with Gasteiger partial charge in [-0.2, -0.15) is 5.26 Å². The van der Waals surface area contributed by atoms with Gasteiger partial charge >= 0.3 is 5.97 Å². The molecule has 0 aliphatic rings. The van der Waals surface area contributed by atoms with Gasteiger partial charge in [-0.15, -0.1) is 12.6 Å². The van der Waals surface area contributed by atoms with Crippen LogP contribution in [0.5, 0.6) is 0 Å². The fraction of sp³-hybridized carbons (Fsp3) is 0.200. The first kappa shape index (κ1) is 12.1. The maximum absolute atomic E-state index is 10.6. The third-order valence-electron chi connectivity index (χ3n) is 1.87. The van der Waals surface area contributed by atoms with Gasteiger partial charge < -0.3 is 5.11 Å². The lowest BCUT2D eigenvalue weighted by Gasteiger charge is -2.06. The van der Waals surface area contributed by atoms with Crippen molar-refractivity contribution in [3.8, 4) is 6.07 Å². The van der Waals surface area contributed by atoms with Gasteiger partial charge in [0.2, 0.25) is 0 Å². The summed E-state index contributed by atoms with van der Waals surface area (Å²) in [5.74, 6) is -0.930. The second kappa shape index (κ2) is 5.19. The molecule has 0 aromatic heterocycles. The number of alkyl halides is 1. The van der Waals surface area contributed by atoms with Crippen molar-refractivity contribution in [1.29, 1.82) is 5.26 Å². The number of halogens is 1. The van der Waals surface area contributed by atoms with Crippen LogP contribution < -0.4 is 0 Å². The van der Waals surface area contributed by atoms with Crippen LogP contribution in [0.1, 0.15) is 16.7 Å². The molecule has 78 valence electrons. The van der Waals surface area contributed by atoms with Crippen LogP contribution in [0.3, 0.4) is 0 Å².